The number of amidine groups is 1. The highest BCUT2D eigenvalue weighted by molar-refractivity contribution is 8.15. The van der Waals surface area contributed by atoms with Crippen LogP contribution in [0.5, 0.6) is 0 Å². The number of rotatable bonds is 8. The number of aliphatic carboxylic acids is 1. The number of nitrogens with one attached hydrogen (secondary N) is 1. The van der Waals surface area contributed by atoms with Crippen LogP contribution >= 0.6 is 11.8 Å². The summed E-state index contributed by atoms with van der Waals surface area (Å²) in [6.45, 7) is 9.51. The van der Waals surface area contributed by atoms with Gasteiger partial charge in [0.1, 0.15) is 5.25 Å². The molecule has 2 N–H and O–H groups in total. The topological polar surface area (TPSA) is 94.4 Å². The Morgan fingerprint density at radius 3 is 2.59 bits per heavy atom. The smallest absolute Gasteiger partial charge is 0.305 e. The van der Waals surface area contributed by atoms with Gasteiger partial charge in [0.05, 0.1) is 12.6 Å². The molecule has 0 spiro atoms. The molecule has 1 aromatic carbocycles. The first-order chi connectivity index (χ1) is 12.8. The van der Waals surface area contributed by atoms with Crippen molar-refractivity contribution in [1.29, 1.82) is 0 Å². The molecule has 1 fully saturated rings. The second-order valence-electron chi connectivity index (χ2n) is 6.90. The Morgan fingerprint density at radius 1 is 1.30 bits per heavy atom. The molecule has 2 rings (SSSR count). The van der Waals surface area contributed by atoms with Crippen LogP contribution in [0, 0.1) is 0 Å². The fourth-order valence-electron chi connectivity index (χ4n) is 2.85. The minimum atomic E-state index is -1.01. The highest BCUT2D eigenvalue weighted by Crippen LogP contribution is 2.22. The van der Waals surface area contributed by atoms with Gasteiger partial charge in [0.25, 0.3) is 0 Å². The summed E-state index contributed by atoms with van der Waals surface area (Å²) in [6, 6.07) is 8.84. The van der Waals surface area contributed by atoms with Gasteiger partial charge in [-0.3, -0.25) is 14.5 Å². The van der Waals surface area contributed by atoms with Gasteiger partial charge < -0.3 is 10.4 Å². The van der Waals surface area contributed by atoms with Crippen LogP contribution in [0.3, 0.4) is 0 Å². The van der Waals surface area contributed by atoms with E-state index in [9.17, 15) is 9.59 Å². The van der Waals surface area contributed by atoms with E-state index in [-0.39, 0.29) is 12.3 Å². The average Bonchev–Trinajstić information content (AvgIpc) is 2.92. The minimum Gasteiger partial charge on any atom is -0.481 e. The lowest BCUT2D eigenvalue weighted by Gasteiger charge is -2.31. The molecule has 7 nitrogen and oxygen atoms in total. The van der Waals surface area contributed by atoms with Crippen molar-refractivity contribution in [3.63, 3.8) is 0 Å². The van der Waals surface area contributed by atoms with E-state index in [0.29, 0.717) is 17.3 Å². The zero-order valence-electron chi connectivity index (χ0n) is 16.0. The molecule has 0 radical (unpaired) electrons. The predicted octanol–water partition coefficient (Wildman–Crippen LogP) is 2.70. The largest absolute Gasteiger partial charge is 0.481 e. The SMILES string of the molecule is CC(C)N(Cc1ccccc1C=NN=C1NC(=O)C(CC(=O)O)S1)C(C)C. The summed E-state index contributed by atoms with van der Waals surface area (Å²) >= 11 is 1.09. The molecular weight excluding hydrogens is 364 g/mol. The number of carboxylic acids is 1. The van der Waals surface area contributed by atoms with E-state index in [1.54, 1.807) is 6.21 Å². The van der Waals surface area contributed by atoms with Crippen LogP contribution in [0.4, 0.5) is 0 Å². The molecular formula is C19H26N4O3S. The number of hydrogen-bond acceptors (Lipinski definition) is 6. The molecule has 0 aliphatic carbocycles. The van der Waals surface area contributed by atoms with Crippen LogP contribution in [0.15, 0.2) is 34.5 Å². The number of hydrogen-bond donors (Lipinski definition) is 2. The quantitative estimate of drug-likeness (QED) is 0.526. The summed E-state index contributed by atoms with van der Waals surface area (Å²) in [6.07, 6.45) is 1.43. The van der Waals surface area contributed by atoms with E-state index in [1.165, 1.54) is 0 Å². The molecule has 1 aliphatic rings. The molecule has 1 amide bonds. The van der Waals surface area contributed by atoms with Crippen LogP contribution in [0.1, 0.15) is 45.2 Å². The van der Waals surface area contributed by atoms with Crippen LogP contribution < -0.4 is 5.32 Å². The molecule has 1 unspecified atom stereocenters. The Bertz CT molecular complexity index is 738. The number of benzene rings is 1. The Kier molecular flexibility index (Phi) is 7.55. The Hall–Kier alpha value is -2.19. The van der Waals surface area contributed by atoms with E-state index >= 15 is 0 Å². The first-order valence-electron chi connectivity index (χ1n) is 8.92. The van der Waals surface area contributed by atoms with Crippen molar-refractivity contribution in [3.8, 4) is 0 Å². The molecule has 1 atom stereocenters. The Labute approximate surface area is 163 Å². The van der Waals surface area contributed by atoms with Crippen LogP contribution in [0.2, 0.25) is 0 Å². The summed E-state index contributed by atoms with van der Waals surface area (Å²) in [5.74, 6) is -1.36. The van der Waals surface area contributed by atoms with Crippen molar-refractivity contribution in [2.24, 2.45) is 10.2 Å². The number of carbonyl (C=O) groups is 2. The summed E-state index contributed by atoms with van der Waals surface area (Å²) in [5.41, 5.74) is 2.11. The van der Waals surface area contributed by atoms with E-state index in [0.717, 1.165) is 29.4 Å². The van der Waals surface area contributed by atoms with E-state index in [2.05, 4.69) is 54.2 Å². The Balaban J connectivity index is 2.10. The number of amides is 1. The zero-order valence-corrected chi connectivity index (χ0v) is 16.9. The van der Waals surface area contributed by atoms with Gasteiger partial charge in [-0.15, -0.1) is 5.10 Å². The van der Waals surface area contributed by atoms with Crippen molar-refractivity contribution < 1.29 is 14.7 Å². The first-order valence-corrected chi connectivity index (χ1v) is 9.80. The highest BCUT2D eigenvalue weighted by Gasteiger charge is 2.32. The predicted molar refractivity (Wildman–Crippen MR) is 109 cm³/mol. The van der Waals surface area contributed by atoms with Crippen LogP contribution in [-0.2, 0) is 16.1 Å². The van der Waals surface area contributed by atoms with Crippen molar-refractivity contribution >= 4 is 35.0 Å². The fourth-order valence-corrected chi connectivity index (χ4v) is 3.77. The Morgan fingerprint density at radius 2 is 1.96 bits per heavy atom. The lowest BCUT2D eigenvalue weighted by atomic mass is 10.1. The average molecular weight is 391 g/mol. The van der Waals surface area contributed by atoms with Crippen molar-refractivity contribution in [1.82, 2.24) is 10.2 Å². The fraction of sp³-hybridized carbons (Fsp3) is 0.474. The molecule has 1 aromatic rings. The van der Waals surface area contributed by atoms with Crippen LogP contribution in [-0.4, -0.2) is 50.6 Å². The molecule has 1 saturated heterocycles. The van der Waals surface area contributed by atoms with Gasteiger partial charge in [-0.05, 0) is 38.8 Å². The standard InChI is InChI=1S/C19H26N4O3S/c1-12(2)23(13(3)4)11-15-8-6-5-7-14(15)10-20-22-19-21-18(26)16(27-19)9-17(24)25/h5-8,10,12-13,16H,9,11H2,1-4H3,(H,24,25)(H,21,22,26). The lowest BCUT2D eigenvalue weighted by molar-refractivity contribution is -0.138. The first kappa shape index (κ1) is 21.1. The zero-order chi connectivity index (χ0) is 20.0. The number of carbonyl (C=O) groups excluding carboxylic acids is 1. The van der Waals surface area contributed by atoms with Gasteiger partial charge in [-0.1, -0.05) is 36.0 Å². The van der Waals surface area contributed by atoms with Gasteiger partial charge in [0.15, 0.2) is 5.17 Å². The molecule has 0 saturated carbocycles. The third kappa shape index (κ3) is 6.18. The van der Waals surface area contributed by atoms with Crippen molar-refractivity contribution in [2.75, 3.05) is 0 Å². The molecule has 0 bridgehead atoms. The molecule has 146 valence electrons. The maximum absolute atomic E-state index is 11.7. The molecule has 1 aliphatic heterocycles. The van der Waals surface area contributed by atoms with Gasteiger partial charge in [-0.2, -0.15) is 5.10 Å². The summed E-state index contributed by atoms with van der Waals surface area (Å²) in [5, 5.41) is 19.2. The number of thioether (sulfide) groups is 1. The number of carboxylic acid groups (broad SMARTS) is 1. The minimum absolute atomic E-state index is 0.234. The molecule has 1 heterocycles. The van der Waals surface area contributed by atoms with Crippen molar-refractivity contribution in [2.45, 2.75) is 58.0 Å². The maximum Gasteiger partial charge on any atom is 0.305 e. The van der Waals surface area contributed by atoms with E-state index < -0.39 is 11.2 Å². The van der Waals surface area contributed by atoms with E-state index in [4.69, 9.17) is 5.11 Å². The second kappa shape index (κ2) is 9.66. The summed E-state index contributed by atoms with van der Waals surface area (Å²) in [7, 11) is 0. The van der Waals surface area contributed by atoms with Crippen molar-refractivity contribution in [3.05, 3.63) is 35.4 Å². The third-order valence-electron chi connectivity index (χ3n) is 4.22. The summed E-state index contributed by atoms with van der Waals surface area (Å²) in [4.78, 5) is 24.9. The molecule has 27 heavy (non-hydrogen) atoms. The van der Waals surface area contributed by atoms with Gasteiger partial charge in [-0.25, -0.2) is 0 Å². The molecule has 0 aromatic heterocycles. The van der Waals surface area contributed by atoms with E-state index in [1.807, 2.05) is 18.2 Å². The third-order valence-corrected chi connectivity index (χ3v) is 5.29. The maximum atomic E-state index is 11.7. The summed E-state index contributed by atoms with van der Waals surface area (Å²) < 4.78 is 0. The van der Waals surface area contributed by atoms with Gasteiger partial charge >= 0.3 is 5.97 Å². The monoisotopic (exact) mass is 390 g/mol. The highest BCUT2D eigenvalue weighted by atomic mass is 32.2. The van der Waals surface area contributed by atoms with Gasteiger partial charge in [0.2, 0.25) is 5.91 Å². The normalized spacial score (nSPS) is 19.0. The lowest BCUT2D eigenvalue weighted by Crippen LogP contribution is -2.36. The molecule has 8 heteroatoms. The number of nitrogens with zero attached hydrogens (tertiary/aromatic N) is 3. The van der Waals surface area contributed by atoms with Gasteiger partial charge in [0, 0.05) is 18.6 Å². The van der Waals surface area contributed by atoms with Crippen LogP contribution in [0.25, 0.3) is 0 Å². The second-order valence-corrected chi connectivity index (χ2v) is 8.09.